The first-order valence-electron chi connectivity index (χ1n) is 5.74. The molecule has 0 radical (unpaired) electrons. The molecule has 5 heteroatoms. The van der Waals surface area contributed by atoms with Crippen molar-refractivity contribution in [1.29, 1.82) is 0 Å². The molecule has 1 atom stereocenters. The highest BCUT2D eigenvalue weighted by Gasteiger charge is 2.21. The van der Waals surface area contributed by atoms with Gasteiger partial charge in [0.05, 0.1) is 10.7 Å². The van der Waals surface area contributed by atoms with E-state index in [1.165, 1.54) is 0 Å². The Morgan fingerprint density at radius 3 is 2.71 bits per heavy atom. The van der Waals surface area contributed by atoms with Crippen molar-refractivity contribution in [2.24, 2.45) is 4.99 Å². The minimum absolute atomic E-state index is 0.791. The fraction of sp³-hybridized carbons (Fsp3) is 0.417. The van der Waals surface area contributed by atoms with Crippen molar-refractivity contribution in [3.63, 3.8) is 0 Å². The lowest BCUT2D eigenvalue weighted by Gasteiger charge is -2.00. The lowest BCUT2D eigenvalue weighted by Crippen LogP contribution is -2.03. The van der Waals surface area contributed by atoms with Gasteiger partial charge in [-0.25, -0.2) is 4.99 Å². The zero-order chi connectivity index (χ0) is 12.3. The third kappa shape index (κ3) is 2.66. The number of aliphatic imine (C=N–C) groups is 1. The summed E-state index contributed by atoms with van der Waals surface area (Å²) in [5.41, 5.74) is 0.825. The van der Waals surface area contributed by atoms with Crippen LogP contribution in [0.3, 0.4) is 0 Å². The Balaban J connectivity index is 2.34. The molecule has 1 unspecified atom stereocenters. The van der Waals surface area contributed by atoms with Gasteiger partial charge in [-0.1, -0.05) is 31.9 Å². The first kappa shape index (κ1) is 12.5. The third-order valence-corrected chi connectivity index (χ3v) is 6.33. The molecule has 17 heavy (non-hydrogen) atoms. The van der Waals surface area contributed by atoms with E-state index in [2.05, 4.69) is 11.9 Å². The summed E-state index contributed by atoms with van der Waals surface area (Å²) >= 11 is 0. The number of hydrogen-bond donors (Lipinski definition) is 0. The molecule has 0 saturated carbocycles. The fourth-order valence-electron chi connectivity index (χ4n) is 1.84. The number of para-hydroxylation sites is 1. The van der Waals surface area contributed by atoms with Crippen LogP contribution in [0.25, 0.3) is 0 Å². The van der Waals surface area contributed by atoms with Crippen molar-refractivity contribution in [2.45, 2.75) is 37.5 Å². The molecule has 1 aliphatic heterocycles. The molecular weight excluding hydrogens is 254 g/mol. The van der Waals surface area contributed by atoms with E-state index in [9.17, 15) is 8.42 Å². The van der Waals surface area contributed by atoms with E-state index in [1.54, 1.807) is 0 Å². The normalized spacial score (nSPS) is 17.7. The van der Waals surface area contributed by atoms with E-state index in [4.69, 9.17) is 0 Å². The summed E-state index contributed by atoms with van der Waals surface area (Å²) in [4.78, 5) is 5.32. The van der Waals surface area contributed by atoms with Crippen LogP contribution < -0.4 is 0 Å². The van der Waals surface area contributed by atoms with Gasteiger partial charge in [0.15, 0.2) is 0 Å². The largest absolute Gasteiger partial charge is 0.251 e. The van der Waals surface area contributed by atoms with Crippen LogP contribution in [0.15, 0.2) is 34.2 Å². The summed E-state index contributed by atoms with van der Waals surface area (Å²) < 4.78 is 22.7. The molecule has 1 aliphatic rings. The standard InChI is InChI=1S/C12H15NO2S2/c1-2-3-4-9-12-13-10-7-5-6-8-11(10)16(12)17(14)15/h5-8H,2-4,9H2,1H3. The molecule has 1 aromatic carbocycles. The average molecular weight is 269 g/mol. The van der Waals surface area contributed by atoms with Crippen molar-refractivity contribution in [2.75, 3.05) is 0 Å². The minimum atomic E-state index is -2.09. The maximum absolute atomic E-state index is 11.3. The van der Waals surface area contributed by atoms with E-state index >= 15 is 0 Å². The Bertz CT molecular complexity index is 580. The summed E-state index contributed by atoms with van der Waals surface area (Å²) in [5.74, 6) is 0. The van der Waals surface area contributed by atoms with Crippen LogP contribution in [-0.4, -0.2) is 13.5 Å². The van der Waals surface area contributed by atoms with Gasteiger partial charge in [-0.3, -0.25) is 0 Å². The Kier molecular flexibility index (Phi) is 4.12. The lowest BCUT2D eigenvalue weighted by atomic mass is 10.2. The smallest absolute Gasteiger partial charge is 0.245 e. The van der Waals surface area contributed by atoms with Gasteiger partial charge in [-0.05, 0) is 25.0 Å². The van der Waals surface area contributed by atoms with Crippen LogP contribution in [0.2, 0.25) is 0 Å². The van der Waals surface area contributed by atoms with E-state index in [-0.39, 0.29) is 0 Å². The number of nitrogens with zero attached hydrogens (tertiary/aromatic N) is 1. The maximum atomic E-state index is 11.3. The lowest BCUT2D eigenvalue weighted by molar-refractivity contribution is 0.628. The number of benzene rings is 1. The van der Waals surface area contributed by atoms with Crippen LogP contribution in [0, 0.1) is 0 Å². The molecule has 0 spiro atoms. The third-order valence-electron chi connectivity index (χ3n) is 2.65. The number of hydrogen-bond acceptors (Lipinski definition) is 3. The molecule has 0 amide bonds. The maximum Gasteiger partial charge on any atom is 0.251 e. The van der Waals surface area contributed by atoms with Crippen molar-refractivity contribution in [1.82, 2.24) is 0 Å². The summed E-state index contributed by atoms with van der Waals surface area (Å²) in [5, 5.41) is 0.827. The monoisotopic (exact) mass is 269 g/mol. The summed E-state index contributed by atoms with van der Waals surface area (Å²) in [6, 6.07) is 7.52. The predicted octanol–water partition coefficient (Wildman–Crippen LogP) is 3.08. The van der Waals surface area contributed by atoms with Crippen LogP contribution in [-0.2, 0) is 18.7 Å². The molecule has 0 aliphatic carbocycles. The molecule has 0 fully saturated rings. The second-order valence-corrected chi connectivity index (χ2v) is 7.58. The highest BCUT2D eigenvalue weighted by molar-refractivity contribution is 8.42. The number of rotatable bonds is 4. The van der Waals surface area contributed by atoms with Crippen molar-refractivity contribution in [3.8, 4) is 0 Å². The average Bonchev–Trinajstić information content (AvgIpc) is 2.67. The molecule has 0 N–H and O–H groups in total. The molecule has 0 saturated heterocycles. The van der Waals surface area contributed by atoms with Gasteiger partial charge in [0.1, 0.15) is 0 Å². The van der Waals surface area contributed by atoms with Crippen LogP contribution >= 0.6 is 0 Å². The topological polar surface area (TPSA) is 46.5 Å². The van der Waals surface area contributed by atoms with Gasteiger partial charge in [-0.2, -0.15) is 8.42 Å². The Labute approximate surface area is 105 Å². The second-order valence-electron chi connectivity index (χ2n) is 3.90. The van der Waals surface area contributed by atoms with Gasteiger partial charge in [0.2, 0.25) is 0 Å². The SMILES string of the molecule is CCCCCC1=Nc2ccccc2S1=S(=O)=O. The quantitative estimate of drug-likeness (QED) is 0.789. The molecule has 1 heterocycles. The van der Waals surface area contributed by atoms with Crippen molar-refractivity contribution in [3.05, 3.63) is 24.3 Å². The summed E-state index contributed by atoms with van der Waals surface area (Å²) in [6.07, 6.45) is 4.07. The molecule has 2 rings (SSSR count). The van der Waals surface area contributed by atoms with Gasteiger partial charge < -0.3 is 0 Å². The molecular formula is C12H15NO2S2. The van der Waals surface area contributed by atoms with E-state index < -0.39 is 18.7 Å². The Morgan fingerprint density at radius 2 is 2.00 bits per heavy atom. The van der Waals surface area contributed by atoms with Gasteiger partial charge in [0, 0.05) is 14.3 Å². The highest BCUT2D eigenvalue weighted by Crippen LogP contribution is 2.32. The van der Waals surface area contributed by atoms with E-state index in [0.717, 1.165) is 41.3 Å². The Morgan fingerprint density at radius 1 is 1.24 bits per heavy atom. The molecule has 0 bridgehead atoms. The van der Waals surface area contributed by atoms with Crippen LogP contribution in [0.5, 0.6) is 0 Å². The van der Waals surface area contributed by atoms with Crippen LogP contribution in [0.4, 0.5) is 5.69 Å². The van der Waals surface area contributed by atoms with E-state index in [0.29, 0.717) is 0 Å². The first-order chi connectivity index (χ1) is 8.24. The zero-order valence-electron chi connectivity index (χ0n) is 9.72. The molecule has 3 nitrogen and oxygen atoms in total. The molecule has 92 valence electrons. The Hall–Kier alpha value is -0.940. The van der Waals surface area contributed by atoms with Crippen molar-refractivity contribution >= 4 is 29.4 Å². The minimum Gasteiger partial charge on any atom is -0.245 e. The first-order valence-corrected chi connectivity index (χ1v) is 8.56. The van der Waals surface area contributed by atoms with E-state index in [1.807, 2.05) is 24.3 Å². The van der Waals surface area contributed by atoms with Crippen molar-refractivity contribution < 1.29 is 8.42 Å². The summed E-state index contributed by atoms with van der Waals surface area (Å²) in [7, 11) is -2.92. The summed E-state index contributed by atoms with van der Waals surface area (Å²) in [6.45, 7) is 2.14. The van der Waals surface area contributed by atoms with Gasteiger partial charge in [0.25, 0.3) is 9.26 Å². The highest BCUT2D eigenvalue weighted by atomic mass is 32.9. The van der Waals surface area contributed by atoms with Gasteiger partial charge in [-0.15, -0.1) is 0 Å². The van der Waals surface area contributed by atoms with Gasteiger partial charge >= 0.3 is 0 Å². The molecule has 0 aromatic heterocycles. The molecule has 1 aromatic rings. The zero-order valence-corrected chi connectivity index (χ0v) is 11.4. The second kappa shape index (κ2) is 5.60. The van der Waals surface area contributed by atoms with Crippen LogP contribution in [0.1, 0.15) is 32.6 Å². The fourth-order valence-corrected chi connectivity index (χ4v) is 5.11. The number of unbranched alkanes of at least 4 members (excludes halogenated alkanes) is 2. The number of fused-ring (bicyclic) bond motifs is 1. The predicted molar refractivity (Wildman–Crippen MR) is 72.2 cm³/mol.